The molecule has 7 heteroatoms. The third-order valence-corrected chi connectivity index (χ3v) is 1.53. The topological polar surface area (TPSA) is 113 Å². The smallest absolute Gasteiger partial charge is 0.336 e. The Balaban J connectivity index is 0.000000221. The number of para-hydroxylation sites is 1. The number of hydrogen-bond acceptors (Lipinski definition) is 5. The van der Waals surface area contributed by atoms with Crippen molar-refractivity contribution in [3.8, 4) is 0 Å². The highest BCUT2D eigenvalue weighted by molar-refractivity contribution is 7.83. The first-order valence-electron chi connectivity index (χ1n) is 4.09. The largest absolute Gasteiger partial charge is 0.736 e. The lowest BCUT2D eigenvalue weighted by molar-refractivity contribution is 0.464. The summed E-state index contributed by atoms with van der Waals surface area (Å²) in [6.07, 6.45) is 0. The van der Waals surface area contributed by atoms with Gasteiger partial charge in [0.2, 0.25) is 0 Å². The monoisotopic (exact) mass is 242 g/mol. The van der Waals surface area contributed by atoms with Crippen LogP contribution in [0.15, 0.2) is 45.6 Å². The van der Waals surface area contributed by atoms with Crippen molar-refractivity contribution in [2.24, 2.45) is 5.14 Å². The van der Waals surface area contributed by atoms with E-state index in [2.05, 4.69) is 5.14 Å². The van der Waals surface area contributed by atoms with Gasteiger partial charge >= 0.3 is 5.63 Å². The van der Waals surface area contributed by atoms with Gasteiger partial charge in [0.25, 0.3) is 0 Å². The fourth-order valence-corrected chi connectivity index (χ4v) is 1.01. The van der Waals surface area contributed by atoms with Gasteiger partial charge in [0.1, 0.15) is 5.58 Å². The number of hydrogen-bond donors (Lipinski definition) is 1. The van der Waals surface area contributed by atoms with E-state index in [0.29, 0.717) is 5.58 Å². The summed E-state index contributed by atoms with van der Waals surface area (Å²) in [5.41, 5.74) is 0.337. The van der Waals surface area contributed by atoms with Crippen LogP contribution in [0.5, 0.6) is 0 Å². The summed E-state index contributed by atoms with van der Waals surface area (Å²) in [7, 11) is -4.42. The molecule has 0 fully saturated rings. The highest BCUT2D eigenvalue weighted by atomic mass is 32.2. The average Bonchev–Trinajstić information content (AvgIpc) is 2.15. The van der Waals surface area contributed by atoms with E-state index < -0.39 is 10.3 Å². The van der Waals surface area contributed by atoms with Crippen molar-refractivity contribution in [2.45, 2.75) is 0 Å². The Morgan fingerprint density at radius 3 is 2.31 bits per heavy atom. The fraction of sp³-hybridized carbons (Fsp3) is 0. The van der Waals surface area contributed by atoms with Gasteiger partial charge in [-0.15, -0.1) is 0 Å². The zero-order valence-corrected chi connectivity index (χ0v) is 8.81. The van der Waals surface area contributed by atoms with E-state index >= 15 is 0 Å². The van der Waals surface area contributed by atoms with Gasteiger partial charge in [-0.2, -0.15) is 0 Å². The predicted molar refractivity (Wildman–Crippen MR) is 56.4 cm³/mol. The second-order valence-electron chi connectivity index (χ2n) is 2.79. The summed E-state index contributed by atoms with van der Waals surface area (Å²) in [6.45, 7) is 0. The normalized spacial score (nSPS) is 10.6. The second kappa shape index (κ2) is 4.88. The summed E-state index contributed by atoms with van der Waals surface area (Å²) >= 11 is 0. The molecule has 0 radical (unpaired) electrons. The minimum absolute atomic E-state index is 0.302. The molecule has 2 aromatic rings. The summed E-state index contributed by atoms with van der Waals surface area (Å²) in [5, 5.41) is 4.72. The third-order valence-electron chi connectivity index (χ3n) is 1.53. The molecule has 6 nitrogen and oxygen atoms in total. The molecule has 16 heavy (non-hydrogen) atoms. The van der Waals surface area contributed by atoms with Crippen LogP contribution in [0.1, 0.15) is 0 Å². The van der Waals surface area contributed by atoms with Gasteiger partial charge in [0.15, 0.2) is 10.3 Å². The van der Waals surface area contributed by atoms with E-state index in [0.717, 1.165) is 5.39 Å². The SMILES string of the molecule is NS(=O)(=O)[O-].O=c1ccc2ccccc2o1. The van der Waals surface area contributed by atoms with Crippen LogP contribution in [0.2, 0.25) is 0 Å². The first kappa shape index (κ1) is 12.4. The summed E-state index contributed by atoms with van der Waals surface area (Å²) in [6, 6.07) is 10.6. The predicted octanol–water partition coefficient (Wildman–Crippen LogP) is 0.198. The van der Waals surface area contributed by atoms with Gasteiger partial charge in [-0.1, -0.05) is 18.2 Å². The maximum Gasteiger partial charge on any atom is 0.336 e. The van der Waals surface area contributed by atoms with Crippen LogP contribution in [-0.4, -0.2) is 13.0 Å². The van der Waals surface area contributed by atoms with Crippen LogP contribution in [-0.2, 0) is 10.3 Å². The molecule has 0 spiro atoms. The molecule has 1 heterocycles. The van der Waals surface area contributed by atoms with Gasteiger partial charge in [0, 0.05) is 11.5 Å². The Labute approximate surface area is 91.2 Å². The van der Waals surface area contributed by atoms with E-state index in [1.807, 2.05) is 18.2 Å². The zero-order chi connectivity index (χ0) is 12.2. The van der Waals surface area contributed by atoms with E-state index in [-0.39, 0.29) is 5.63 Å². The summed E-state index contributed by atoms with van der Waals surface area (Å²) < 4.78 is 31.5. The molecule has 0 unspecified atom stereocenters. The number of fused-ring (bicyclic) bond motifs is 1. The molecule has 0 amide bonds. The van der Waals surface area contributed by atoms with Crippen molar-refractivity contribution in [1.82, 2.24) is 0 Å². The number of nitrogens with two attached hydrogens (primary N) is 1. The van der Waals surface area contributed by atoms with Crippen molar-refractivity contribution in [1.29, 1.82) is 0 Å². The quantitative estimate of drug-likeness (QED) is 0.523. The molecule has 0 aliphatic carbocycles. The lowest BCUT2D eigenvalue weighted by Gasteiger charge is -1.91. The fourth-order valence-electron chi connectivity index (χ4n) is 1.01. The van der Waals surface area contributed by atoms with Crippen LogP contribution < -0.4 is 10.8 Å². The Kier molecular flexibility index (Phi) is 3.78. The maximum absolute atomic E-state index is 10.7. The van der Waals surface area contributed by atoms with E-state index in [1.54, 1.807) is 12.1 Å². The molecule has 1 aromatic heterocycles. The molecule has 0 saturated carbocycles. The van der Waals surface area contributed by atoms with Gasteiger partial charge in [0.05, 0.1) is 0 Å². The third kappa shape index (κ3) is 4.69. The molecule has 2 N–H and O–H groups in total. The Morgan fingerprint density at radius 2 is 1.69 bits per heavy atom. The molecule has 86 valence electrons. The molecular formula is C9H8NO5S-. The van der Waals surface area contributed by atoms with E-state index in [1.165, 1.54) is 6.07 Å². The van der Waals surface area contributed by atoms with Crippen molar-refractivity contribution < 1.29 is 17.4 Å². The highest BCUT2D eigenvalue weighted by Gasteiger charge is 1.92. The maximum atomic E-state index is 10.7. The highest BCUT2D eigenvalue weighted by Crippen LogP contribution is 2.08. The summed E-state index contributed by atoms with van der Waals surface area (Å²) in [5.74, 6) is 0. The van der Waals surface area contributed by atoms with Gasteiger partial charge in [-0.25, -0.2) is 18.4 Å². The van der Waals surface area contributed by atoms with E-state index in [9.17, 15) is 4.79 Å². The molecule has 0 atom stereocenters. The minimum atomic E-state index is -4.42. The Bertz CT molecular complexity index is 623. The first-order valence-corrected chi connectivity index (χ1v) is 5.56. The van der Waals surface area contributed by atoms with Crippen LogP contribution in [0.3, 0.4) is 0 Å². The van der Waals surface area contributed by atoms with Crippen molar-refractivity contribution in [3.05, 3.63) is 46.8 Å². The number of rotatable bonds is 0. The van der Waals surface area contributed by atoms with Crippen molar-refractivity contribution in [2.75, 3.05) is 0 Å². The van der Waals surface area contributed by atoms with Crippen LogP contribution >= 0.6 is 0 Å². The van der Waals surface area contributed by atoms with E-state index in [4.69, 9.17) is 17.4 Å². The van der Waals surface area contributed by atoms with Crippen LogP contribution in [0.25, 0.3) is 11.0 Å². The van der Waals surface area contributed by atoms with Gasteiger partial charge in [-0.05, 0) is 12.1 Å². The molecule has 0 aliphatic rings. The summed E-state index contributed by atoms with van der Waals surface area (Å²) in [4.78, 5) is 10.7. The lowest BCUT2D eigenvalue weighted by atomic mass is 10.2. The first-order chi connectivity index (χ1) is 7.36. The zero-order valence-electron chi connectivity index (χ0n) is 7.99. The minimum Gasteiger partial charge on any atom is -0.736 e. The van der Waals surface area contributed by atoms with Gasteiger partial charge < -0.3 is 8.97 Å². The molecule has 0 bridgehead atoms. The van der Waals surface area contributed by atoms with Crippen molar-refractivity contribution in [3.63, 3.8) is 0 Å². The second-order valence-corrected chi connectivity index (χ2v) is 3.77. The molecule has 0 aliphatic heterocycles. The average molecular weight is 242 g/mol. The molecular weight excluding hydrogens is 234 g/mol. The van der Waals surface area contributed by atoms with Crippen molar-refractivity contribution >= 4 is 21.3 Å². The van der Waals surface area contributed by atoms with Crippen LogP contribution in [0, 0.1) is 0 Å². The Morgan fingerprint density at radius 1 is 1.12 bits per heavy atom. The molecule has 2 rings (SSSR count). The molecule has 1 aromatic carbocycles. The molecule has 0 saturated heterocycles. The lowest BCUT2D eigenvalue weighted by Crippen LogP contribution is -2.08. The Hall–Kier alpha value is -1.70. The number of benzene rings is 1. The standard InChI is InChI=1S/C9H6O2.H3NO3S/c10-9-6-5-7-3-1-2-4-8(7)11-9;1-5(2,3)4/h1-6H;(H3,1,2,3,4)/p-1. The van der Waals surface area contributed by atoms with Crippen LogP contribution in [0.4, 0.5) is 0 Å². The van der Waals surface area contributed by atoms with Gasteiger partial charge in [-0.3, -0.25) is 0 Å².